The standard InChI is InChI=1S/C15H20O2S/c16-14(9-11-4-7-18-8-5-11)12-1-2-15-13(10-12)3-6-17-15/h1-2,10-11,14,16H,3-9H2. The summed E-state index contributed by atoms with van der Waals surface area (Å²) in [5.74, 6) is 4.22. The molecule has 0 spiro atoms. The minimum absolute atomic E-state index is 0.302. The number of benzene rings is 1. The molecule has 18 heavy (non-hydrogen) atoms. The molecule has 2 aliphatic rings. The van der Waals surface area contributed by atoms with Crippen molar-refractivity contribution in [3.8, 4) is 5.75 Å². The van der Waals surface area contributed by atoms with Crippen LogP contribution >= 0.6 is 11.8 Å². The lowest BCUT2D eigenvalue weighted by Crippen LogP contribution is -2.13. The molecule has 2 nitrogen and oxygen atoms in total. The van der Waals surface area contributed by atoms with Crippen LogP contribution < -0.4 is 4.74 Å². The second kappa shape index (κ2) is 5.54. The summed E-state index contributed by atoms with van der Waals surface area (Å²) in [4.78, 5) is 0. The second-order valence-electron chi connectivity index (χ2n) is 5.27. The van der Waals surface area contributed by atoms with Gasteiger partial charge in [-0.2, -0.15) is 11.8 Å². The number of hydrogen-bond acceptors (Lipinski definition) is 3. The van der Waals surface area contributed by atoms with Crippen LogP contribution in [0.2, 0.25) is 0 Å². The highest BCUT2D eigenvalue weighted by Gasteiger charge is 2.20. The van der Waals surface area contributed by atoms with Gasteiger partial charge in [0.1, 0.15) is 5.75 Å². The molecule has 0 amide bonds. The van der Waals surface area contributed by atoms with Gasteiger partial charge in [0.05, 0.1) is 12.7 Å². The normalized spacial score (nSPS) is 21.4. The number of thioether (sulfide) groups is 1. The van der Waals surface area contributed by atoms with E-state index in [2.05, 4.69) is 6.07 Å². The Labute approximate surface area is 113 Å². The Morgan fingerprint density at radius 3 is 3.00 bits per heavy atom. The molecular weight excluding hydrogens is 244 g/mol. The van der Waals surface area contributed by atoms with Crippen LogP contribution in [0.4, 0.5) is 0 Å². The first kappa shape index (κ1) is 12.4. The Balaban J connectivity index is 1.66. The molecule has 0 aliphatic carbocycles. The average Bonchev–Trinajstić information content (AvgIpc) is 2.87. The molecule has 1 fully saturated rings. The lowest BCUT2D eigenvalue weighted by Gasteiger charge is -2.24. The van der Waals surface area contributed by atoms with E-state index in [1.165, 1.54) is 29.9 Å². The zero-order valence-electron chi connectivity index (χ0n) is 10.6. The molecule has 1 unspecified atom stereocenters. The van der Waals surface area contributed by atoms with Crippen LogP contribution in [-0.2, 0) is 6.42 Å². The highest BCUT2D eigenvalue weighted by atomic mass is 32.2. The van der Waals surface area contributed by atoms with E-state index >= 15 is 0 Å². The predicted molar refractivity (Wildman–Crippen MR) is 75.3 cm³/mol. The van der Waals surface area contributed by atoms with Gasteiger partial charge in [-0.25, -0.2) is 0 Å². The van der Waals surface area contributed by atoms with Crippen molar-refractivity contribution in [3.63, 3.8) is 0 Å². The number of ether oxygens (including phenoxy) is 1. The second-order valence-corrected chi connectivity index (χ2v) is 6.50. The van der Waals surface area contributed by atoms with Crippen molar-refractivity contribution in [3.05, 3.63) is 29.3 Å². The summed E-state index contributed by atoms with van der Waals surface area (Å²) in [5.41, 5.74) is 2.32. The first-order chi connectivity index (χ1) is 8.83. The number of rotatable bonds is 3. The van der Waals surface area contributed by atoms with E-state index in [0.717, 1.165) is 30.8 Å². The minimum Gasteiger partial charge on any atom is -0.493 e. The predicted octanol–water partition coefficient (Wildman–Crippen LogP) is 3.19. The highest BCUT2D eigenvalue weighted by Crippen LogP contribution is 2.33. The Hall–Kier alpha value is -0.670. The molecule has 3 rings (SSSR count). The Morgan fingerprint density at radius 2 is 2.17 bits per heavy atom. The van der Waals surface area contributed by atoms with E-state index in [1.807, 2.05) is 23.9 Å². The first-order valence-corrected chi connectivity index (χ1v) is 8.00. The topological polar surface area (TPSA) is 29.5 Å². The van der Waals surface area contributed by atoms with Gasteiger partial charge in [0.25, 0.3) is 0 Å². The van der Waals surface area contributed by atoms with Gasteiger partial charge in [0, 0.05) is 6.42 Å². The van der Waals surface area contributed by atoms with E-state index in [9.17, 15) is 5.11 Å². The fourth-order valence-corrected chi connectivity index (χ4v) is 4.05. The van der Waals surface area contributed by atoms with Crippen LogP contribution in [0, 0.1) is 5.92 Å². The average molecular weight is 264 g/mol. The van der Waals surface area contributed by atoms with Crippen LogP contribution in [0.1, 0.15) is 36.5 Å². The van der Waals surface area contributed by atoms with Crippen molar-refractivity contribution in [1.29, 1.82) is 0 Å². The van der Waals surface area contributed by atoms with Crippen LogP contribution in [0.15, 0.2) is 18.2 Å². The number of hydrogen-bond donors (Lipinski definition) is 1. The fourth-order valence-electron chi connectivity index (χ4n) is 2.85. The number of aliphatic hydroxyl groups is 1. The summed E-state index contributed by atoms with van der Waals surface area (Å²) in [5, 5.41) is 10.4. The van der Waals surface area contributed by atoms with E-state index < -0.39 is 0 Å². The molecule has 0 radical (unpaired) electrons. The van der Waals surface area contributed by atoms with Crippen molar-refractivity contribution >= 4 is 11.8 Å². The first-order valence-electron chi connectivity index (χ1n) is 6.84. The minimum atomic E-state index is -0.302. The maximum atomic E-state index is 10.4. The zero-order valence-corrected chi connectivity index (χ0v) is 11.4. The summed E-state index contributed by atoms with van der Waals surface area (Å²) in [6.45, 7) is 0.786. The molecule has 2 heterocycles. The molecule has 1 atom stereocenters. The molecule has 1 saturated heterocycles. The lowest BCUT2D eigenvalue weighted by atomic mass is 9.92. The van der Waals surface area contributed by atoms with Gasteiger partial charge in [-0.15, -0.1) is 0 Å². The van der Waals surface area contributed by atoms with Crippen molar-refractivity contribution in [1.82, 2.24) is 0 Å². The summed E-state index contributed by atoms with van der Waals surface area (Å²) in [6, 6.07) is 6.16. The van der Waals surface area contributed by atoms with Gasteiger partial charge >= 0.3 is 0 Å². The van der Waals surface area contributed by atoms with Crippen LogP contribution in [-0.4, -0.2) is 23.2 Å². The third kappa shape index (κ3) is 2.67. The molecule has 2 aliphatic heterocycles. The Morgan fingerprint density at radius 1 is 1.33 bits per heavy atom. The van der Waals surface area contributed by atoms with E-state index in [0.29, 0.717) is 5.92 Å². The molecule has 3 heteroatoms. The largest absolute Gasteiger partial charge is 0.493 e. The van der Waals surface area contributed by atoms with Gasteiger partial charge in [-0.3, -0.25) is 0 Å². The third-order valence-corrected chi connectivity index (χ3v) is 5.04. The van der Waals surface area contributed by atoms with Gasteiger partial charge in [-0.1, -0.05) is 6.07 Å². The zero-order chi connectivity index (χ0) is 12.4. The van der Waals surface area contributed by atoms with E-state index in [4.69, 9.17) is 4.74 Å². The summed E-state index contributed by atoms with van der Waals surface area (Å²) in [7, 11) is 0. The van der Waals surface area contributed by atoms with Crippen LogP contribution in [0.3, 0.4) is 0 Å². The van der Waals surface area contributed by atoms with Gasteiger partial charge in [0.2, 0.25) is 0 Å². The third-order valence-electron chi connectivity index (χ3n) is 4.00. The summed E-state index contributed by atoms with van der Waals surface area (Å²) < 4.78 is 5.50. The molecule has 98 valence electrons. The maximum Gasteiger partial charge on any atom is 0.122 e. The van der Waals surface area contributed by atoms with Crippen molar-refractivity contribution in [2.24, 2.45) is 5.92 Å². The fraction of sp³-hybridized carbons (Fsp3) is 0.600. The van der Waals surface area contributed by atoms with Gasteiger partial charge in [-0.05, 0) is 59.9 Å². The number of aliphatic hydroxyl groups excluding tert-OH is 1. The van der Waals surface area contributed by atoms with E-state index in [1.54, 1.807) is 0 Å². The smallest absolute Gasteiger partial charge is 0.122 e. The lowest BCUT2D eigenvalue weighted by molar-refractivity contribution is 0.141. The highest BCUT2D eigenvalue weighted by molar-refractivity contribution is 7.99. The van der Waals surface area contributed by atoms with Gasteiger partial charge < -0.3 is 9.84 Å². The molecule has 0 saturated carbocycles. The van der Waals surface area contributed by atoms with Crippen LogP contribution in [0.25, 0.3) is 0 Å². The van der Waals surface area contributed by atoms with Crippen LogP contribution in [0.5, 0.6) is 5.75 Å². The van der Waals surface area contributed by atoms with Gasteiger partial charge in [0.15, 0.2) is 0 Å². The summed E-state index contributed by atoms with van der Waals surface area (Å²) in [6.07, 6.45) is 4.12. The number of fused-ring (bicyclic) bond motifs is 1. The SMILES string of the molecule is OC(CC1CCSCC1)c1ccc2c(c1)CCO2. The van der Waals surface area contributed by atoms with Crippen molar-refractivity contribution in [2.45, 2.75) is 31.8 Å². The van der Waals surface area contributed by atoms with Crippen molar-refractivity contribution < 1.29 is 9.84 Å². The molecular formula is C15H20O2S. The van der Waals surface area contributed by atoms with E-state index in [-0.39, 0.29) is 6.10 Å². The molecule has 1 N–H and O–H groups in total. The summed E-state index contributed by atoms with van der Waals surface area (Å²) >= 11 is 2.04. The molecule has 1 aromatic carbocycles. The molecule has 0 bridgehead atoms. The van der Waals surface area contributed by atoms with Crippen molar-refractivity contribution in [2.75, 3.05) is 18.1 Å². The maximum absolute atomic E-state index is 10.4. The Kier molecular flexibility index (Phi) is 3.80. The quantitative estimate of drug-likeness (QED) is 0.909. The molecule has 1 aromatic rings. The Bertz CT molecular complexity index is 413. The molecule has 0 aromatic heterocycles. The monoisotopic (exact) mass is 264 g/mol.